The minimum absolute atomic E-state index is 0.123. The number of nitrogens with one attached hydrogen (secondary N) is 1. The third-order valence-electron chi connectivity index (χ3n) is 8.82. The summed E-state index contributed by atoms with van der Waals surface area (Å²) in [7, 11) is 1.74. The minimum atomic E-state index is -0.847. The first-order valence-electron chi connectivity index (χ1n) is 14.0. The zero-order valence-electron chi connectivity index (χ0n) is 22.6. The Balaban J connectivity index is 1.37. The zero-order chi connectivity index (χ0) is 27.4. The van der Waals surface area contributed by atoms with Crippen molar-refractivity contribution in [2.75, 3.05) is 50.8 Å². The van der Waals surface area contributed by atoms with E-state index in [4.69, 9.17) is 14.7 Å². The molecular formula is C30H33FN6O3. The molecule has 0 saturated carbocycles. The minimum Gasteiger partial charge on any atom is -0.508 e. The molecule has 0 radical (unpaired) electrons. The number of hydrogen-bond acceptors (Lipinski definition) is 8. The summed E-state index contributed by atoms with van der Waals surface area (Å²) in [6.07, 6.45) is 1.53. The molecule has 40 heavy (non-hydrogen) atoms. The van der Waals surface area contributed by atoms with E-state index in [-0.39, 0.29) is 22.9 Å². The van der Waals surface area contributed by atoms with Gasteiger partial charge in [-0.25, -0.2) is 4.39 Å². The number of piperazine rings is 1. The number of phenolic OH excluding ortho intramolecular Hbond substituents is 1. The van der Waals surface area contributed by atoms with Gasteiger partial charge in [0, 0.05) is 51.8 Å². The number of aromatic hydroxyl groups is 1. The number of fused-ring (bicyclic) bond motifs is 3. The number of anilines is 1. The molecule has 0 bridgehead atoms. The molecule has 0 aliphatic carbocycles. The molecular weight excluding hydrogens is 511 g/mol. The van der Waals surface area contributed by atoms with E-state index in [0.717, 1.165) is 48.8 Å². The molecule has 3 aliphatic heterocycles. The maximum Gasteiger partial charge on any atom is 0.319 e. The SMILES string of the molecule is Cn1c(-c2cc(O)cc3ccccc23)cc2nc(OC[C@@]34CCCN3C[C@H](F)C4)nc(N3CCNCC3)c2c1=O. The van der Waals surface area contributed by atoms with Crippen LogP contribution in [0.3, 0.4) is 0 Å². The summed E-state index contributed by atoms with van der Waals surface area (Å²) in [6.45, 7) is 4.62. The molecule has 5 heterocycles. The second-order valence-corrected chi connectivity index (χ2v) is 11.3. The van der Waals surface area contributed by atoms with Gasteiger partial charge in [0.15, 0.2) is 0 Å². The van der Waals surface area contributed by atoms with Crippen LogP contribution in [0, 0.1) is 0 Å². The molecule has 2 atom stereocenters. The lowest BCUT2D eigenvalue weighted by Crippen LogP contribution is -2.45. The Labute approximate surface area is 231 Å². The molecule has 4 aromatic rings. The van der Waals surface area contributed by atoms with E-state index in [2.05, 4.69) is 15.1 Å². The average molecular weight is 545 g/mol. The predicted octanol–water partition coefficient (Wildman–Crippen LogP) is 3.22. The summed E-state index contributed by atoms with van der Waals surface area (Å²) in [4.78, 5) is 27.8. The fourth-order valence-electron chi connectivity index (χ4n) is 6.84. The van der Waals surface area contributed by atoms with Crippen LogP contribution >= 0.6 is 0 Å². The highest BCUT2D eigenvalue weighted by Crippen LogP contribution is 2.40. The summed E-state index contributed by atoms with van der Waals surface area (Å²) < 4.78 is 22.2. The van der Waals surface area contributed by atoms with Crippen molar-refractivity contribution in [2.45, 2.75) is 31.0 Å². The molecule has 9 nitrogen and oxygen atoms in total. The van der Waals surface area contributed by atoms with Gasteiger partial charge >= 0.3 is 6.01 Å². The van der Waals surface area contributed by atoms with Gasteiger partial charge in [0.05, 0.1) is 16.7 Å². The van der Waals surface area contributed by atoms with Crippen LogP contribution in [0.4, 0.5) is 10.2 Å². The van der Waals surface area contributed by atoms with Gasteiger partial charge in [-0.15, -0.1) is 0 Å². The molecule has 10 heteroatoms. The Hall–Kier alpha value is -3.76. The lowest BCUT2D eigenvalue weighted by molar-refractivity contribution is 0.107. The lowest BCUT2D eigenvalue weighted by atomic mass is 9.95. The molecule has 3 fully saturated rings. The second kappa shape index (κ2) is 9.71. The smallest absolute Gasteiger partial charge is 0.319 e. The number of benzene rings is 2. The number of aromatic nitrogens is 3. The highest BCUT2D eigenvalue weighted by atomic mass is 19.1. The largest absolute Gasteiger partial charge is 0.508 e. The standard InChI is InChI=1S/C30H33FN6O3/c1-35-25(23-14-21(38)13-19-5-2-3-6-22(19)23)15-24-26(28(35)39)27(36-11-8-32-9-12-36)34-29(33-24)40-18-30-7-4-10-37(30)17-20(31)16-30/h2-3,5-6,13-15,20,32,38H,4,7-12,16-18H2,1H3/t20-,30+/m1/s1. The van der Waals surface area contributed by atoms with E-state index in [1.54, 1.807) is 23.7 Å². The van der Waals surface area contributed by atoms with Crippen molar-refractivity contribution in [2.24, 2.45) is 7.05 Å². The summed E-state index contributed by atoms with van der Waals surface area (Å²) in [5.41, 5.74) is 1.32. The van der Waals surface area contributed by atoms with Crippen LogP contribution in [0.2, 0.25) is 0 Å². The third kappa shape index (κ3) is 4.17. The molecule has 0 amide bonds. The molecule has 3 saturated heterocycles. The Morgan fingerprint density at radius 1 is 1.15 bits per heavy atom. The van der Waals surface area contributed by atoms with E-state index in [1.165, 1.54) is 0 Å². The molecule has 7 rings (SSSR count). The Bertz CT molecular complexity index is 1670. The van der Waals surface area contributed by atoms with Gasteiger partial charge in [0.2, 0.25) is 0 Å². The van der Waals surface area contributed by atoms with E-state index in [0.29, 0.717) is 55.1 Å². The zero-order valence-corrected chi connectivity index (χ0v) is 22.6. The van der Waals surface area contributed by atoms with Crippen molar-refractivity contribution in [3.63, 3.8) is 0 Å². The monoisotopic (exact) mass is 544 g/mol. The Morgan fingerprint density at radius 3 is 2.83 bits per heavy atom. The average Bonchev–Trinajstić information content (AvgIpc) is 3.49. The van der Waals surface area contributed by atoms with Crippen molar-refractivity contribution in [3.8, 4) is 23.0 Å². The molecule has 2 aromatic carbocycles. The number of pyridine rings is 1. The van der Waals surface area contributed by atoms with Crippen molar-refractivity contribution in [1.82, 2.24) is 24.8 Å². The maximum absolute atomic E-state index is 14.4. The van der Waals surface area contributed by atoms with Crippen LogP contribution in [-0.4, -0.2) is 82.1 Å². The van der Waals surface area contributed by atoms with Gasteiger partial charge in [0.1, 0.15) is 29.7 Å². The van der Waals surface area contributed by atoms with Gasteiger partial charge < -0.3 is 24.6 Å². The van der Waals surface area contributed by atoms with E-state index >= 15 is 0 Å². The number of rotatable bonds is 5. The van der Waals surface area contributed by atoms with E-state index < -0.39 is 6.17 Å². The van der Waals surface area contributed by atoms with Crippen LogP contribution in [-0.2, 0) is 7.05 Å². The second-order valence-electron chi connectivity index (χ2n) is 11.3. The van der Waals surface area contributed by atoms with Gasteiger partial charge in [-0.2, -0.15) is 9.97 Å². The van der Waals surface area contributed by atoms with Gasteiger partial charge in [0.25, 0.3) is 5.56 Å². The number of halogens is 1. The number of alkyl halides is 1. The lowest BCUT2D eigenvalue weighted by Gasteiger charge is -2.31. The fourth-order valence-corrected chi connectivity index (χ4v) is 6.84. The van der Waals surface area contributed by atoms with Crippen LogP contribution in [0.5, 0.6) is 11.8 Å². The highest BCUT2D eigenvalue weighted by molar-refractivity contribution is 5.99. The van der Waals surface area contributed by atoms with Gasteiger partial charge in [-0.05, 0) is 48.4 Å². The number of ether oxygens (including phenoxy) is 1. The van der Waals surface area contributed by atoms with Gasteiger partial charge in [-0.3, -0.25) is 9.69 Å². The number of nitrogens with zero attached hydrogens (tertiary/aromatic N) is 5. The normalized spacial score (nSPS) is 23.2. The van der Waals surface area contributed by atoms with Crippen LogP contribution in [0.25, 0.3) is 32.9 Å². The van der Waals surface area contributed by atoms with Crippen molar-refractivity contribution in [1.29, 1.82) is 0 Å². The summed E-state index contributed by atoms with van der Waals surface area (Å²) in [5.74, 6) is 0.683. The molecule has 2 N–H and O–H groups in total. The van der Waals surface area contributed by atoms with Crippen molar-refractivity contribution in [3.05, 3.63) is 52.8 Å². The summed E-state index contributed by atoms with van der Waals surface area (Å²) in [6, 6.07) is 13.2. The van der Waals surface area contributed by atoms with Crippen molar-refractivity contribution >= 4 is 27.5 Å². The Morgan fingerprint density at radius 2 is 1.98 bits per heavy atom. The topological polar surface area (TPSA) is 95.8 Å². The highest BCUT2D eigenvalue weighted by Gasteiger charge is 2.49. The van der Waals surface area contributed by atoms with E-state index in [9.17, 15) is 14.3 Å². The third-order valence-corrected chi connectivity index (χ3v) is 8.82. The first kappa shape index (κ1) is 25.2. The quantitative estimate of drug-likeness (QED) is 0.396. The summed E-state index contributed by atoms with van der Waals surface area (Å²) in [5, 5.41) is 16.1. The van der Waals surface area contributed by atoms with Crippen molar-refractivity contribution < 1.29 is 14.2 Å². The maximum atomic E-state index is 14.4. The summed E-state index contributed by atoms with van der Waals surface area (Å²) >= 11 is 0. The first-order valence-corrected chi connectivity index (χ1v) is 14.0. The van der Waals surface area contributed by atoms with Crippen LogP contribution in [0.1, 0.15) is 19.3 Å². The van der Waals surface area contributed by atoms with Gasteiger partial charge in [-0.1, -0.05) is 24.3 Å². The molecule has 0 spiro atoms. The predicted molar refractivity (Wildman–Crippen MR) is 153 cm³/mol. The van der Waals surface area contributed by atoms with E-state index in [1.807, 2.05) is 30.3 Å². The van der Waals surface area contributed by atoms with Crippen LogP contribution < -0.4 is 20.5 Å². The molecule has 2 aromatic heterocycles. The number of hydrogen-bond donors (Lipinski definition) is 2. The van der Waals surface area contributed by atoms with Crippen LogP contribution in [0.15, 0.2) is 47.3 Å². The number of phenols is 1. The molecule has 3 aliphatic rings. The molecule has 0 unspecified atom stereocenters. The first-order chi connectivity index (χ1) is 19.4. The molecule has 208 valence electrons. The fraction of sp³-hybridized carbons (Fsp3) is 0.433. The Kier molecular flexibility index (Phi) is 6.12.